The van der Waals surface area contributed by atoms with Gasteiger partial charge in [-0.3, -0.25) is 19.6 Å². The van der Waals surface area contributed by atoms with Crippen molar-refractivity contribution in [1.82, 2.24) is 9.88 Å². The Hall–Kier alpha value is -4.15. The van der Waals surface area contributed by atoms with E-state index in [1.165, 1.54) is 22.6 Å². The molecule has 4 aliphatic rings. The van der Waals surface area contributed by atoms with Gasteiger partial charge in [-0.25, -0.2) is 0 Å². The molecule has 3 aliphatic heterocycles. The Bertz CT molecular complexity index is 1510. The van der Waals surface area contributed by atoms with Crippen molar-refractivity contribution in [2.75, 3.05) is 20.2 Å². The number of carbonyl (C=O) groups is 2. The van der Waals surface area contributed by atoms with Gasteiger partial charge in [0.1, 0.15) is 23.7 Å². The lowest BCUT2D eigenvalue weighted by Gasteiger charge is -2.40. The van der Waals surface area contributed by atoms with Crippen molar-refractivity contribution in [3.05, 3.63) is 72.0 Å². The van der Waals surface area contributed by atoms with E-state index in [0.717, 1.165) is 22.9 Å². The van der Waals surface area contributed by atoms with Crippen LogP contribution in [0.1, 0.15) is 37.8 Å². The Morgan fingerprint density at radius 2 is 2.12 bits per heavy atom. The van der Waals surface area contributed by atoms with Gasteiger partial charge in [0.05, 0.1) is 29.9 Å². The maximum atomic E-state index is 13.1. The number of likely N-dealkylation sites (N-methyl/N-ethyl adjacent to an activating group) is 1. The van der Waals surface area contributed by atoms with Crippen molar-refractivity contribution < 1.29 is 23.8 Å². The largest absolute Gasteiger partial charge is 0.484 e. The number of fused-ring (bicyclic) bond motifs is 4. The molecular weight excluding hydrogens is 534 g/mol. The Morgan fingerprint density at radius 1 is 1.33 bits per heavy atom. The zero-order valence-electron chi connectivity index (χ0n) is 24.3. The number of pyridine rings is 1. The fourth-order valence-corrected chi connectivity index (χ4v) is 6.30. The predicted octanol–water partition coefficient (Wildman–Crippen LogP) is 3.48. The Labute approximate surface area is 245 Å². The van der Waals surface area contributed by atoms with E-state index in [1.807, 2.05) is 38.2 Å². The molecule has 220 valence electrons. The van der Waals surface area contributed by atoms with Crippen molar-refractivity contribution >= 4 is 35.0 Å². The standard InChI is InChI=1S/C32H37N5O5/c1-6-21(16-38)24(7-2)30(39)37(5)15-29-32(18-31(4,19-32)42-29)35-14-28(36-33)20(3)41-23-8-9-27-26(12-23)25-10-11-40-17-22(25)13-34-27/h6-9,12-14,16,20,29H,1-2,10-11,15,17-19,33H2,3-5H3/b24-21-,35-14?,36-28+. The van der Waals surface area contributed by atoms with Crippen molar-refractivity contribution in [3.8, 4) is 5.75 Å². The monoisotopic (exact) mass is 571 g/mol. The number of amides is 1. The molecule has 2 bridgehead atoms. The molecule has 1 aliphatic carbocycles. The van der Waals surface area contributed by atoms with Crippen LogP contribution in [0.3, 0.4) is 0 Å². The van der Waals surface area contributed by atoms with Crippen molar-refractivity contribution in [3.63, 3.8) is 0 Å². The number of hydrogen-bond acceptors (Lipinski definition) is 9. The third kappa shape index (κ3) is 5.39. The number of rotatable bonds is 11. The van der Waals surface area contributed by atoms with E-state index in [4.69, 9.17) is 25.0 Å². The molecule has 3 fully saturated rings. The number of aromatic nitrogens is 1. The molecule has 42 heavy (non-hydrogen) atoms. The van der Waals surface area contributed by atoms with Crippen molar-refractivity contribution in [2.24, 2.45) is 15.9 Å². The summed E-state index contributed by atoms with van der Waals surface area (Å²) < 4.78 is 18.2. The minimum atomic E-state index is -0.529. The molecule has 2 aromatic rings. The molecule has 10 nitrogen and oxygen atoms in total. The van der Waals surface area contributed by atoms with Gasteiger partial charge in [0.15, 0.2) is 6.29 Å². The number of hydrazone groups is 1. The second-order valence-corrected chi connectivity index (χ2v) is 11.4. The van der Waals surface area contributed by atoms with E-state index in [2.05, 4.69) is 23.2 Å². The fourth-order valence-electron chi connectivity index (χ4n) is 6.30. The summed E-state index contributed by atoms with van der Waals surface area (Å²) in [5.41, 5.74) is 3.27. The zero-order chi connectivity index (χ0) is 30.1. The maximum absolute atomic E-state index is 13.1. The normalized spacial score (nSPS) is 26.2. The van der Waals surface area contributed by atoms with Gasteiger partial charge in [0, 0.05) is 55.4 Å². The third-order valence-electron chi connectivity index (χ3n) is 8.39. The van der Waals surface area contributed by atoms with E-state index in [1.54, 1.807) is 13.3 Å². The number of aliphatic imine (C=N–C) groups is 1. The van der Waals surface area contributed by atoms with Gasteiger partial charge >= 0.3 is 0 Å². The summed E-state index contributed by atoms with van der Waals surface area (Å²) in [5, 5.41) is 5.03. The molecule has 2 saturated heterocycles. The lowest BCUT2D eigenvalue weighted by Crippen LogP contribution is -2.51. The highest BCUT2D eigenvalue weighted by Gasteiger charge is 2.66. The molecule has 2 unspecified atom stereocenters. The molecule has 1 aromatic carbocycles. The van der Waals surface area contributed by atoms with Crippen molar-refractivity contribution in [1.29, 1.82) is 0 Å². The summed E-state index contributed by atoms with van der Waals surface area (Å²) in [4.78, 5) is 35.5. The molecule has 0 spiro atoms. The number of carbonyl (C=O) groups excluding carboxylic acids is 2. The van der Waals surface area contributed by atoms with Gasteiger partial charge in [0.2, 0.25) is 0 Å². The first-order valence-corrected chi connectivity index (χ1v) is 14.0. The summed E-state index contributed by atoms with van der Waals surface area (Å²) in [6.45, 7) is 12.8. The first-order chi connectivity index (χ1) is 20.2. The topological polar surface area (TPSA) is 129 Å². The van der Waals surface area contributed by atoms with Crippen LogP contribution < -0.4 is 10.6 Å². The number of allylic oxidation sites excluding steroid dienone is 2. The van der Waals surface area contributed by atoms with E-state index in [-0.39, 0.29) is 35.3 Å². The summed E-state index contributed by atoms with van der Waals surface area (Å²) in [6.07, 6.45) is 8.29. The summed E-state index contributed by atoms with van der Waals surface area (Å²) in [7, 11) is 1.67. The van der Waals surface area contributed by atoms with Crippen LogP contribution in [0.5, 0.6) is 5.75 Å². The van der Waals surface area contributed by atoms with Crippen molar-refractivity contribution in [2.45, 2.75) is 63.1 Å². The lowest BCUT2D eigenvalue weighted by atomic mass is 9.67. The molecule has 2 N–H and O–H groups in total. The summed E-state index contributed by atoms with van der Waals surface area (Å²) >= 11 is 0. The number of ether oxygens (including phenoxy) is 3. The van der Waals surface area contributed by atoms with Gasteiger partial charge in [-0.2, -0.15) is 5.10 Å². The summed E-state index contributed by atoms with van der Waals surface area (Å²) in [6, 6.07) is 5.85. The highest BCUT2D eigenvalue weighted by molar-refractivity contribution is 6.32. The average molecular weight is 572 g/mol. The van der Waals surface area contributed by atoms with Gasteiger partial charge in [-0.05, 0) is 49.6 Å². The SMILES string of the molecule is C=C/C(C=O)=C(\C=C)C(=O)N(C)CC1OC2(C)CC1(N=C/C(=N\N)C(C)Oc1ccc3ncc4c(c3c1)CCOC4)C2. The van der Waals surface area contributed by atoms with Crippen LogP contribution in [-0.2, 0) is 32.1 Å². The van der Waals surface area contributed by atoms with Crippen LogP contribution in [0.2, 0.25) is 0 Å². The molecule has 1 amide bonds. The minimum absolute atomic E-state index is 0.188. The predicted molar refractivity (Wildman–Crippen MR) is 162 cm³/mol. The quantitative estimate of drug-likeness (QED) is 0.109. The Balaban J connectivity index is 1.30. The second kappa shape index (κ2) is 11.6. The fraction of sp³-hybridized carbons (Fsp3) is 0.406. The lowest BCUT2D eigenvalue weighted by molar-refractivity contribution is -0.127. The van der Waals surface area contributed by atoms with Crippen LogP contribution in [0.15, 0.2) is 70.9 Å². The van der Waals surface area contributed by atoms with Gasteiger partial charge in [0.25, 0.3) is 5.91 Å². The van der Waals surface area contributed by atoms with Crippen LogP contribution >= 0.6 is 0 Å². The molecule has 6 rings (SSSR count). The van der Waals surface area contributed by atoms with E-state index in [9.17, 15) is 9.59 Å². The molecule has 1 aromatic heterocycles. The summed E-state index contributed by atoms with van der Waals surface area (Å²) in [5.74, 6) is 6.14. The first-order valence-electron chi connectivity index (χ1n) is 14.0. The highest BCUT2D eigenvalue weighted by atomic mass is 16.5. The first kappa shape index (κ1) is 29.3. The van der Waals surface area contributed by atoms with Crippen LogP contribution in [0.4, 0.5) is 0 Å². The van der Waals surface area contributed by atoms with E-state index < -0.39 is 11.6 Å². The number of nitrogens with two attached hydrogens (primary N) is 1. The zero-order valence-corrected chi connectivity index (χ0v) is 24.3. The molecule has 4 heterocycles. The highest BCUT2D eigenvalue weighted by Crippen LogP contribution is 2.57. The molecule has 1 saturated carbocycles. The van der Waals surface area contributed by atoms with Crippen LogP contribution in [0, 0.1) is 0 Å². The van der Waals surface area contributed by atoms with Crippen LogP contribution in [-0.4, -0.2) is 77.6 Å². The molecular formula is C32H37N5O5. The second-order valence-electron chi connectivity index (χ2n) is 11.4. The smallest absolute Gasteiger partial charge is 0.254 e. The number of nitrogens with zero attached hydrogens (tertiary/aromatic N) is 4. The van der Waals surface area contributed by atoms with Gasteiger partial charge < -0.3 is 25.0 Å². The minimum Gasteiger partial charge on any atom is -0.484 e. The third-order valence-corrected chi connectivity index (χ3v) is 8.39. The number of hydrogen-bond donors (Lipinski definition) is 1. The van der Waals surface area contributed by atoms with E-state index in [0.29, 0.717) is 43.8 Å². The number of aldehydes is 1. The van der Waals surface area contributed by atoms with Gasteiger partial charge in [-0.1, -0.05) is 25.3 Å². The molecule has 2 atom stereocenters. The maximum Gasteiger partial charge on any atom is 0.254 e. The molecule has 10 heteroatoms. The number of benzene rings is 1. The average Bonchev–Trinajstić information content (AvgIpc) is 3.41. The Morgan fingerprint density at radius 3 is 2.81 bits per heavy atom. The van der Waals surface area contributed by atoms with Gasteiger partial charge in [-0.15, -0.1) is 0 Å². The molecule has 0 radical (unpaired) electrons. The van der Waals surface area contributed by atoms with Crippen LogP contribution in [0.25, 0.3) is 10.9 Å². The van der Waals surface area contributed by atoms with E-state index >= 15 is 0 Å². The Kier molecular flexibility index (Phi) is 8.12.